The van der Waals surface area contributed by atoms with Crippen molar-refractivity contribution in [3.8, 4) is 17.2 Å². The Morgan fingerprint density at radius 1 is 1.14 bits per heavy atom. The highest BCUT2D eigenvalue weighted by molar-refractivity contribution is 6.06. The zero-order chi connectivity index (χ0) is 18.9. The summed E-state index contributed by atoms with van der Waals surface area (Å²) in [7, 11) is 0. The molecule has 0 amide bonds. The Hall–Kier alpha value is -3.43. The number of piperidine rings is 1. The summed E-state index contributed by atoms with van der Waals surface area (Å²) >= 11 is 0. The summed E-state index contributed by atoms with van der Waals surface area (Å²) in [6.07, 6.45) is 7.68. The van der Waals surface area contributed by atoms with Gasteiger partial charge in [-0.15, -0.1) is 0 Å². The topological polar surface area (TPSA) is 89.4 Å². The Morgan fingerprint density at radius 3 is 2.93 bits per heavy atom. The normalized spacial score (nSPS) is 16.9. The second kappa shape index (κ2) is 6.95. The number of hydrogen-bond donors (Lipinski definition) is 3. The molecule has 3 N–H and O–H groups in total. The number of nitriles is 1. The molecular formula is C22H20N6. The molecule has 0 unspecified atom stereocenters. The fraction of sp³-hybridized carbons (Fsp3) is 0.227. The lowest BCUT2D eigenvalue weighted by molar-refractivity contribution is 0.479. The van der Waals surface area contributed by atoms with Crippen LogP contribution in [0.2, 0.25) is 0 Å². The summed E-state index contributed by atoms with van der Waals surface area (Å²) in [5.74, 6) is 0.819. The number of pyridine rings is 2. The molecule has 1 aliphatic heterocycles. The molecule has 1 atom stereocenters. The molecule has 1 saturated heterocycles. The van der Waals surface area contributed by atoms with Gasteiger partial charge in [0.2, 0.25) is 0 Å². The molecule has 5 rings (SSSR count). The average molecular weight is 368 g/mol. The van der Waals surface area contributed by atoms with Gasteiger partial charge in [0.05, 0.1) is 17.3 Å². The highest BCUT2D eigenvalue weighted by atomic mass is 15.1. The van der Waals surface area contributed by atoms with Gasteiger partial charge in [-0.05, 0) is 31.5 Å². The molecule has 6 heteroatoms. The number of hydrogen-bond acceptors (Lipinski definition) is 5. The minimum absolute atomic E-state index is 0.363. The van der Waals surface area contributed by atoms with Crippen molar-refractivity contribution < 1.29 is 0 Å². The lowest BCUT2D eigenvalue weighted by Gasteiger charge is -2.24. The van der Waals surface area contributed by atoms with E-state index < -0.39 is 0 Å². The van der Waals surface area contributed by atoms with Crippen molar-refractivity contribution >= 4 is 27.6 Å². The van der Waals surface area contributed by atoms with Crippen LogP contribution in [0, 0.1) is 11.3 Å². The summed E-state index contributed by atoms with van der Waals surface area (Å²) in [5.41, 5.74) is 4.31. The van der Waals surface area contributed by atoms with E-state index in [0.29, 0.717) is 11.6 Å². The maximum Gasteiger partial charge on any atom is 0.126 e. The van der Waals surface area contributed by atoms with Gasteiger partial charge >= 0.3 is 0 Å². The predicted octanol–water partition coefficient (Wildman–Crippen LogP) is 3.81. The van der Waals surface area contributed by atoms with E-state index in [4.69, 9.17) is 0 Å². The molecule has 1 fully saturated rings. The predicted molar refractivity (Wildman–Crippen MR) is 111 cm³/mol. The van der Waals surface area contributed by atoms with E-state index >= 15 is 0 Å². The molecule has 1 aliphatic rings. The number of aromatic amines is 1. The number of nitrogens with one attached hydrogen (secondary N) is 3. The van der Waals surface area contributed by atoms with E-state index in [1.165, 1.54) is 0 Å². The molecule has 28 heavy (non-hydrogen) atoms. The number of fused-ring (bicyclic) bond motifs is 2. The Bertz CT molecular complexity index is 1200. The van der Waals surface area contributed by atoms with Crippen LogP contribution in [0.1, 0.15) is 18.4 Å². The van der Waals surface area contributed by atoms with Crippen LogP contribution in [0.5, 0.6) is 0 Å². The van der Waals surface area contributed by atoms with Gasteiger partial charge in [-0.1, -0.05) is 18.2 Å². The Morgan fingerprint density at radius 2 is 2.07 bits per heavy atom. The standard InChI is InChI=1S/C22H20N6/c23-9-14-10-25-20-13-27-21(28-15-4-3-7-24-11-15)8-17(20)22(14)18-12-26-19-6-2-1-5-16(18)19/h1-2,5-6,8,10,12-13,15,24,26H,3-4,7,11H2,(H,27,28)/t15-/m0/s1. The van der Waals surface area contributed by atoms with Crippen LogP contribution in [0.25, 0.3) is 32.9 Å². The maximum atomic E-state index is 9.74. The van der Waals surface area contributed by atoms with Crippen LogP contribution < -0.4 is 10.6 Å². The summed E-state index contributed by atoms with van der Waals surface area (Å²) in [6.45, 7) is 2.01. The van der Waals surface area contributed by atoms with Gasteiger partial charge in [0, 0.05) is 52.4 Å². The molecule has 6 nitrogen and oxygen atoms in total. The average Bonchev–Trinajstić information content (AvgIpc) is 3.17. The second-order valence-electron chi connectivity index (χ2n) is 7.18. The lowest BCUT2D eigenvalue weighted by Crippen LogP contribution is -2.38. The molecule has 1 aromatic carbocycles. The minimum Gasteiger partial charge on any atom is -0.366 e. The molecule has 0 spiro atoms. The Labute approximate surface area is 162 Å². The molecule has 4 heterocycles. The summed E-state index contributed by atoms with van der Waals surface area (Å²) in [4.78, 5) is 12.3. The monoisotopic (exact) mass is 368 g/mol. The second-order valence-corrected chi connectivity index (χ2v) is 7.18. The van der Waals surface area contributed by atoms with Gasteiger partial charge < -0.3 is 15.6 Å². The Balaban J connectivity index is 1.68. The number of rotatable bonds is 3. The molecule has 3 aromatic heterocycles. The number of nitrogens with zero attached hydrogens (tertiary/aromatic N) is 3. The number of H-pyrrole nitrogens is 1. The van der Waals surface area contributed by atoms with Crippen LogP contribution >= 0.6 is 0 Å². The van der Waals surface area contributed by atoms with Crippen molar-refractivity contribution in [2.24, 2.45) is 0 Å². The third-order valence-electron chi connectivity index (χ3n) is 5.38. The van der Waals surface area contributed by atoms with E-state index in [9.17, 15) is 5.26 Å². The first-order chi connectivity index (χ1) is 13.8. The quantitative estimate of drug-likeness (QED) is 0.512. The van der Waals surface area contributed by atoms with Crippen LogP contribution in [-0.2, 0) is 0 Å². The third kappa shape index (κ3) is 2.86. The highest BCUT2D eigenvalue weighted by Gasteiger charge is 2.17. The van der Waals surface area contributed by atoms with E-state index in [1.807, 2.05) is 30.5 Å². The van der Waals surface area contributed by atoms with Crippen molar-refractivity contribution in [2.45, 2.75) is 18.9 Å². The fourth-order valence-corrected chi connectivity index (χ4v) is 4.01. The first kappa shape index (κ1) is 16.7. The van der Waals surface area contributed by atoms with Gasteiger partial charge in [0.1, 0.15) is 11.9 Å². The zero-order valence-electron chi connectivity index (χ0n) is 15.4. The van der Waals surface area contributed by atoms with Crippen LogP contribution in [-0.4, -0.2) is 34.1 Å². The third-order valence-corrected chi connectivity index (χ3v) is 5.38. The fourth-order valence-electron chi connectivity index (χ4n) is 4.01. The van der Waals surface area contributed by atoms with E-state index in [1.54, 1.807) is 12.4 Å². The number of benzene rings is 1. The minimum atomic E-state index is 0.363. The van der Waals surface area contributed by atoms with Crippen molar-refractivity contribution in [3.63, 3.8) is 0 Å². The summed E-state index contributed by atoms with van der Waals surface area (Å²) in [5, 5.41) is 18.7. The number of anilines is 1. The van der Waals surface area contributed by atoms with Crippen LogP contribution in [0.4, 0.5) is 5.82 Å². The molecule has 0 radical (unpaired) electrons. The molecule has 0 saturated carbocycles. The molecule has 4 aromatic rings. The summed E-state index contributed by atoms with van der Waals surface area (Å²) < 4.78 is 0. The summed E-state index contributed by atoms with van der Waals surface area (Å²) in [6, 6.07) is 12.8. The van der Waals surface area contributed by atoms with Crippen molar-refractivity contribution in [1.82, 2.24) is 20.3 Å². The van der Waals surface area contributed by atoms with Gasteiger partial charge in [-0.3, -0.25) is 4.98 Å². The van der Waals surface area contributed by atoms with Crippen molar-refractivity contribution in [1.29, 1.82) is 5.26 Å². The van der Waals surface area contributed by atoms with Gasteiger partial charge in [-0.25, -0.2) is 4.98 Å². The Kier molecular flexibility index (Phi) is 4.15. The van der Waals surface area contributed by atoms with E-state index in [0.717, 1.165) is 64.7 Å². The first-order valence-corrected chi connectivity index (χ1v) is 9.56. The van der Waals surface area contributed by atoms with Gasteiger partial charge in [0.15, 0.2) is 0 Å². The lowest BCUT2D eigenvalue weighted by atomic mass is 9.97. The molecule has 0 aliphatic carbocycles. The first-order valence-electron chi connectivity index (χ1n) is 9.56. The van der Waals surface area contributed by atoms with Crippen LogP contribution in [0.15, 0.2) is 48.9 Å². The zero-order valence-corrected chi connectivity index (χ0v) is 15.4. The molecule has 138 valence electrons. The number of para-hydroxylation sites is 1. The van der Waals surface area contributed by atoms with E-state index in [2.05, 4.69) is 37.7 Å². The SMILES string of the molecule is N#Cc1cnc2cnc(N[C@H]3CCCNC3)cc2c1-c1c[nH]c2ccccc12. The number of aromatic nitrogens is 3. The van der Waals surface area contributed by atoms with Gasteiger partial charge in [0.25, 0.3) is 0 Å². The van der Waals surface area contributed by atoms with Crippen molar-refractivity contribution in [3.05, 3.63) is 54.5 Å². The highest BCUT2D eigenvalue weighted by Crippen LogP contribution is 2.36. The maximum absolute atomic E-state index is 9.74. The van der Waals surface area contributed by atoms with Crippen molar-refractivity contribution in [2.75, 3.05) is 18.4 Å². The van der Waals surface area contributed by atoms with Crippen LogP contribution in [0.3, 0.4) is 0 Å². The largest absolute Gasteiger partial charge is 0.366 e. The smallest absolute Gasteiger partial charge is 0.126 e. The molecule has 0 bridgehead atoms. The van der Waals surface area contributed by atoms with Gasteiger partial charge in [-0.2, -0.15) is 5.26 Å². The van der Waals surface area contributed by atoms with E-state index in [-0.39, 0.29) is 0 Å². The molecular weight excluding hydrogens is 348 g/mol.